The fourth-order valence-electron chi connectivity index (χ4n) is 1.54. The van der Waals surface area contributed by atoms with Gasteiger partial charge in [0.1, 0.15) is 0 Å². The smallest absolute Gasteiger partial charge is 0.239 e. The van der Waals surface area contributed by atoms with Crippen molar-refractivity contribution in [3.8, 4) is 0 Å². The van der Waals surface area contributed by atoms with Gasteiger partial charge in [-0.25, -0.2) is 8.78 Å². The highest BCUT2D eigenvalue weighted by Crippen LogP contribution is 2.26. The third-order valence-corrected chi connectivity index (χ3v) is 2.28. The zero-order valence-corrected chi connectivity index (χ0v) is 9.30. The van der Waals surface area contributed by atoms with Crippen LogP contribution in [0.15, 0.2) is 6.20 Å². The first kappa shape index (κ1) is 11.9. The van der Waals surface area contributed by atoms with E-state index in [0.717, 1.165) is 5.69 Å². The average molecular weight is 217 g/mol. The van der Waals surface area contributed by atoms with Gasteiger partial charge in [0, 0.05) is 19.2 Å². The van der Waals surface area contributed by atoms with Crippen LogP contribution in [0.1, 0.15) is 26.0 Å². The highest BCUT2D eigenvalue weighted by molar-refractivity contribution is 5.39. The Kier molecular flexibility index (Phi) is 3.31. The molecule has 1 heterocycles. The summed E-state index contributed by atoms with van der Waals surface area (Å²) in [5, 5.41) is 4.15. The molecule has 0 bridgehead atoms. The molecule has 0 fully saturated rings. The molecule has 0 atom stereocenters. The molecule has 0 unspecified atom stereocenters. The first-order chi connectivity index (χ1) is 6.80. The van der Waals surface area contributed by atoms with Crippen LogP contribution in [0.5, 0.6) is 0 Å². The summed E-state index contributed by atoms with van der Waals surface area (Å²) in [6.45, 7) is 5.85. The van der Waals surface area contributed by atoms with Crippen molar-refractivity contribution in [2.24, 2.45) is 5.41 Å². The van der Waals surface area contributed by atoms with Gasteiger partial charge in [0.2, 0.25) is 6.43 Å². The van der Waals surface area contributed by atoms with E-state index in [1.54, 1.807) is 31.6 Å². The van der Waals surface area contributed by atoms with E-state index in [0.29, 0.717) is 12.2 Å². The lowest BCUT2D eigenvalue weighted by atomic mass is 9.89. The van der Waals surface area contributed by atoms with E-state index in [4.69, 9.17) is 5.73 Å². The lowest BCUT2D eigenvalue weighted by Gasteiger charge is -2.23. The Morgan fingerprint density at radius 3 is 2.53 bits per heavy atom. The predicted octanol–water partition coefficient (Wildman–Crippen LogP) is 2.46. The summed E-state index contributed by atoms with van der Waals surface area (Å²) in [7, 11) is 0. The van der Waals surface area contributed by atoms with E-state index >= 15 is 0 Å². The molecule has 0 radical (unpaired) electrons. The van der Waals surface area contributed by atoms with E-state index < -0.39 is 11.8 Å². The minimum Gasteiger partial charge on any atom is -0.396 e. The van der Waals surface area contributed by atoms with Crippen molar-refractivity contribution in [2.45, 2.75) is 40.2 Å². The summed E-state index contributed by atoms with van der Waals surface area (Å²) in [6.07, 6.45) is -0.733. The van der Waals surface area contributed by atoms with Gasteiger partial charge in [-0.05, 0) is 12.3 Å². The minimum absolute atomic E-state index is 0.133. The summed E-state index contributed by atoms with van der Waals surface area (Å²) in [4.78, 5) is 0. The fourth-order valence-corrected chi connectivity index (χ4v) is 1.54. The second-order valence-corrected chi connectivity index (χ2v) is 4.63. The van der Waals surface area contributed by atoms with Crippen LogP contribution in [0.25, 0.3) is 0 Å². The highest BCUT2D eigenvalue weighted by Gasteiger charge is 2.24. The Bertz CT molecular complexity index is 312. The van der Waals surface area contributed by atoms with E-state index in [2.05, 4.69) is 5.10 Å². The van der Waals surface area contributed by atoms with Crippen LogP contribution in [0.2, 0.25) is 0 Å². The molecule has 86 valence electrons. The van der Waals surface area contributed by atoms with E-state index in [-0.39, 0.29) is 6.42 Å². The maximum atomic E-state index is 12.3. The average Bonchev–Trinajstić information content (AvgIpc) is 2.25. The number of alkyl halides is 2. The standard InChI is InChI=1S/C10H17F2N3/c1-7-8(13)5-15(14-7)6-10(2,3)4-9(11)12/h5,9H,4,6,13H2,1-3H3. The summed E-state index contributed by atoms with van der Waals surface area (Å²) < 4.78 is 26.2. The van der Waals surface area contributed by atoms with Gasteiger partial charge in [0.15, 0.2) is 0 Å². The van der Waals surface area contributed by atoms with Gasteiger partial charge in [-0.15, -0.1) is 0 Å². The van der Waals surface area contributed by atoms with Crippen LogP contribution in [0.3, 0.4) is 0 Å². The first-order valence-corrected chi connectivity index (χ1v) is 4.88. The van der Waals surface area contributed by atoms with E-state index in [9.17, 15) is 8.78 Å². The number of nitrogens with two attached hydrogens (primary N) is 1. The molecule has 3 nitrogen and oxygen atoms in total. The Morgan fingerprint density at radius 2 is 2.13 bits per heavy atom. The number of hydrogen-bond acceptors (Lipinski definition) is 2. The van der Waals surface area contributed by atoms with Gasteiger partial charge in [-0.3, -0.25) is 4.68 Å². The Balaban J connectivity index is 2.68. The largest absolute Gasteiger partial charge is 0.396 e. The molecule has 0 aliphatic rings. The number of aryl methyl sites for hydroxylation is 1. The van der Waals surface area contributed by atoms with Crippen LogP contribution in [0.4, 0.5) is 14.5 Å². The van der Waals surface area contributed by atoms with Crippen molar-refractivity contribution >= 4 is 5.69 Å². The molecule has 1 rings (SSSR count). The van der Waals surface area contributed by atoms with Crippen molar-refractivity contribution in [3.05, 3.63) is 11.9 Å². The molecule has 0 aromatic carbocycles. The fraction of sp³-hybridized carbons (Fsp3) is 0.700. The van der Waals surface area contributed by atoms with Crippen LogP contribution >= 0.6 is 0 Å². The van der Waals surface area contributed by atoms with Crippen LogP contribution in [-0.2, 0) is 6.54 Å². The second-order valence-electron chi connectivity index (χ2n) is 4.63. The molecule has 1 aromatic rings. The van der Waals surface area contributed by atoms with Crippen molar-refractivity contribution in [1.82, 2.24) is 9.78 Å². The molecular formula is C10H17F2N3. The van der Waals surface area contributed by atoms with Crippen LogP contribution in [-0.4, -0.2) is 16.2 Å². The Labute approximate surface area is 88.3 Å². The third-order valence-electron chi connectivity index (χ3n) is 2.28. The normalized spacial score (nSPS) is 12.4. The molecular weight excluding hydrogens is 200 g/mol. The molecule has 1 aromatic heterocycles. The van der Waals surface area contributed by atoms with Gasteiger partial charge in [0.05, 0.1) is 11.4 Å². The van der Waals surface area contributed by atoms with Gasteiger partial charge >= 0.3 is 0 Å². The maximum absolute atomic E-state index is 12.3. The molecule has 15 heavy (non-hydrogen) atoms. The van der Waals surface area contributed by atoms with Crippen molar-refractivity contribution < 1.29 is 8.78 Å². The topological polar surface area (TPSA) is 43.8 Å². The quantitative estimate of drug-likeness (QED) is 0.841. The molecule has 0 spiro atoms. The molecule has 0 saturated carbocycles. The molecule has 0 aliphatic carbocycles. The molecule has 0 saturated heterocycles. The van der Waals surface area contributed by atoms with Gasteiger partial charge in [0.25, 0.3) is 0 Å². The van der Waals surface area contributed by atoms with Crippen molar-refractivity contribution in [3.63, 3.8) is 0 Å². The van der Waals surface area contributed by atoms with Gasteiger partial charge < -0.3 is 5.73 Å². The zero-order chi connectivity index (χ0) is 11.6. The Hall–Kier alpha value is -1.13. The minimum atomic E-state index is -2.28. The molecule has 0 amide bonds. The van der Waals surface area contributed by atoms with Crippen molar-refractivity contribution in [1.29, 1.82) is 0 Å². The third kappa shape index (κ3) is 3.49. The van der Waals surface area contributed by atoms with Gasteiger partial charge in [-0.2, -0.15) is 5.10 Å². The second kappa shape index (κ2) is 4.16. The molecule has 0 aliphatic heterocycles. The number of nitrogens with zero attached hydrogens (tertiary/aromatic N) is 2. The molecule has 2 N–H and O–H groups in total. The SMILES string of the molecule is Cc1nn(CC(C)(C)CC(F)F)cc1N. The first-order valence-electron chi connectivity index (χ1n) is 4.88. The summed E-state index contributed by atoms with van der Waals surface area (Å²) in [5.74, 6) is 0. The zero-order valence-electron chi connectivity index (χ0n) is 9.30. The van der Waals surface area contributed by atoms with Gasteiger partial charge in [-0.1, -0.05) is 13.8 Å². The summed E-state index contributed by atoms with van der Waals surface area (Å²) in [5.41, 5.74) is 6.49. The lowest BCUT2D eigenvalue weighted by Crippen LogP contribution is -2.23. The number of aromatic nitrogens is 2. The highest BCUT2D eigenvalue weighted by atomic mass is 19.3. The Morgan fingerprint density at radius 1 is 1.53 bits per heavy atom. The number of nitrogen functional groups attached to an aromatic ring is 1. The summed E-state index contributed by atoms with van der Waals surface area (Å²) in [6, 6.07) is 0. The molecule has 5 heteroatoms. The van der Waals surface area contributed by atoms with E-state index in [1.165, 1.54) is 0 Å². The van der Waals surface area contributed by atoms with Crippen molar-refractivity contribution in [2.75, 3.05) is 5.73 Å². The number of rotatable bonds is 4. The predicted molar refractivity (Wildman–Crippen MR) is 55.8 cm³/mol. The monoisotopic (exact) mass is 217 g/mol. The summed E-state index contributed by atoms with van der Waals surface area (Å²) >= 11 is 0. The maximum Gasteiger partial charge on any atom is 0.239 e. The number of hydrogen-bond donors (Lipinski definition) is 1. The van der Waals surface area contributed by atoms with E-state index in [1.807, 2.05) is 0 Å². The number of halogens is 2. The van der Waals surface area contributed by atoms with Crippen LogP contribution < -0.4 is 5.73 Å². The lowest BCUT2D eigenvalue weighted by molar-refractivity contribution is 0.0777. The number of anilines is 1. The van der Waals surface area contributed by atoms with Crippen LogP contribution in [0, 0.1) is 12.3 Å².